The van der Waals surface area contributed by atoms with E-state index in [2.05, 4.69) is 9.97 Å². The molecular formula is C13H21N3O2S. The van der Waals surface area contributed by atoms with E-state index in [9.17, 15) is 8.42 Å². The molecule has 2 heterocycles. The van der Waals surface area contributed by atoms with Gasteiger partial charge in [0.25, 0.3) is 0 Å². The van der Waals surface area contributed by atoms with E-state index >= 15 is 0 Å². The van der Waals surface area contributed by atoms with Crippen LogP contribution in [0.2, 0.25) is 0 Å². The monoisotopic (exact) mass is 283 g/mol. The standard InChI is InChI=1S/C13H21N3O2S/c1-9-10(2)15-12(14-9)11-5-4-8-16(11)19(17,18)13(3)6-7-13/h11H,4-8H2,1-3H3,(H,14,15)/t11-/m0/s1. The molecule has 1 saturated heterocycles. The minimum Gasteiger partial charge on any atom is -0.345 e. The molecule has 1 atom stereocenters. The molecule has 2 fully saturated rings. The van der Waals surface area contributed by atoms with Crippen LogP contribution in [0.25, 0.3) is 0 Å². The fourth-order valence-electron chi connectivity index (χ4n) is 2.75. The van der Waals surface area contributed by atoms with Gasteiger partial charge in [0.15, 0.2) is 0 Å². The molecule has 0 radical (unpaired) electrons. The molecule has 106 valence electrons. The van der Waals surface area contributed by atoms with E-state index < -0.39 is 14.8 Å². The first kappa shape index (κ1) is 13.1. The second-order valence-electron chi connectivity index (χ2n) is 6.06. The summed E-state index contributed by atoms with van der Waals surface area (Å²) < 4.78 is 26.5. The minimum absolute atomic E-state index is 0.102. The summed E-state index contributed by atoms with van der Waals surface area (Å²) in [6.45, 7) is 6.41. The van der Waals surface area contributed by atoms with Crippen LogP contribution < -0.4 is 0 Å². The molecular weight excluding hydrogens is 262 g/mol. The van der Waals surface area contributed by atoms with Crippen molar-refractivity contribution >= 4 is 10.0 Å². The number of hydrogen-bond donors (Lipinski definition) is 1. The zero-order valence-corrected chi connectivity index (χ0v) is 12.5. The summed E-state index contributed by atoms with van der Waals surface area (Å²) in [5, 5.41) is 0. The first-order valence-corrected chi connectivity index (χ1v) is 8.34. The fourth-order valence-corrected chi connectivity index (χ4v) is 4.84. The lowest BCUT2D eigenvalue weighted by Crippen LogP contribution is -2.38. The zero-order valence-electron chi connectivity index (χ0n) is 11.7. The van der Waals surface area contributed by atoms with Crippen molar-refractivity contribution in [3.8, 4) is 0 Å². The SMILES string of the molecule is Cc1nc([C@@H]2CCCN2S(=O)(=O)C2(C)CC2)[nH]c1C. The van der Waals surface area contributed by atoms with Crippen molar-refractivity contribution in [3.05, 3.63) is 17.2 Å². The molecule has 0 unspecified atom stereocenters. The third-order valence-corrected chi connectivity index (χ3v) is 7.26. The fraction of sp³-hybridized carbons (Fsp3) is 0.769. The lowest BCUT2D eigenvalue weighted by molar-refractivity contribution is 0.378. The number of sulfonamides is 1. The molecule has 0 amide bonds. The predicted molar refractivity (Wildman–Crippen MR) is 73.3 cm³/mol. The van der Waals surface area contributed by atoms with Crippen LogP contribution in [0, 0.1) is 13.8 Å². The molecule has 0 bridgehead atoms. The number of nitrogens with zero attached hydrogens (tertiary/aromatic N) is 2. The Morgan fingerprint density at radius 3 is 2.58 bits per heavy atom. The van der Waals surface area contributed by atoms with Gasteiger partial charge in [0.05, 0.1) is 16.5 Å². The molecule has 5 nitrogen and oxygen atoms in total. The van der Waals surface area contributed by atoms with Gasteiger partial charge in [0, 0.05) is 12.2 Å². The Morgan fingerprint density at radius 2 is 2.05 bits per heavy atom. The van der Waals surface area contributed by atoms with E-state index in [-0.39, 0.29) is 6.04 Å². The topological polar surface area (TPSA) is 66.1 Å². The number of H-pyrrole nitrogens is 1. The van der Waals surface area contributed by atoms with Crippen LogP contribution in [0.5, 0.6) is 0 Å². The van der Waals surface area contributed by atoms with Crippen molar-refractivity contribution in [2.75, 3.05) is 6.54 Å². The molecule has 2 aliphatic rings. The van der Waals surface area contributed by atoms with E-state index in [0.717, 1.165) is 42.9 Å². The summed E-state index contributed by atoms with van der Waals surface area (Å²) >= 11 is 0. The van der Waals surface area contributed by atoms with Gasteiger partial charge in [0.1, 0.15) is 5.82 Å². The van der Waals surface area contributed by atoms with Crippen LogP contribution in [0.1, 0.15) is 55.9 Å². The summed E-state index contributed by atoms with van der Waals surface area (Å²) in [5.41, 5.74) is 1.98. The van der Waals surface area contributed by atoms with Crippen molar-refractivity contribution in [2.45, 2.75) is 57.2 Å². The maximum absolute atomic E-state index is 12.7. The number of rotatable bonds is 3. The molecule has 1 aromatic rings. The average Bonchev–Trinajstić information content (AvgIpc) is 2.81. The van der Waals surface area contributed by atoms with Gasteiger partial charge in [-0.15, -0.1) is 0 Å². The van der Waals surface area contributed by atoms with Gasteiger partial charge in [-0.3, -0.25) is 0 Å². The predicted octanol–water partition coefficient (Wildman–Crippen LogP) is 2.05. The highest BCUT2D eigenvalue weighted by Gasteiger charge is 2.55. The van der Waals surface area contributed by atoms with Crippen LogP contribution in [0.15, 0.2) is 0 Å². The Kier molecular flexibility index (Phi) is 2.80. The zero-order chi connectivity index (χ0) is 13.8. The number of nitrogens with one attached hydrogen (secondary N) is 1. The van der Waals surface area contributed by atoms with Crippen molar-refractivity contribution < 1.29 is 8.42 Å². The van der Waals surface area contributed by atoms with Gasteiger partial charge in [-0.1, -0.05) is 0 Å². The molecule has 1 N–H and O–H groups in total. The molecule has 3 rings (SSSR count). The summed E-state index contributed by atoms with van der Waals surface area (Å²) in [6, 6.07) is -0.102. The molecule has 0 aromatic carbocycles. The molecule has 1 aliphatic heterocycles. The summed E-state index contributed by atoms with van der Waals surface area (Å²) in [4.78, 5) is 7.74. The molecule has 1 saturated carbocycles. The van der Waals surface area contributed by atoms with Crippen molar-refractivity contribution in [1.29, 1.82) is 0 Å². The normalized spacial score (nSPS) is 26.8. The van der Waals surface area contributed by atoms with Crippen molar-refractivity contribution in [3.63, 3.8) is 0 Å². The number of aryl methyl sites for hydroxylation is 2. The lowest BCUT2D eigenvalue weighted by atomic mass is 10.2. The highest BCUT2D eigenvalue weighted by atomic mass is 32.2. The highest BCUT2D eigenvalue weighted by molar-refractivity contribution is 7.90. The first-order chi connectivity index (χ1) is 8.85. The summed E-state index contributed by atoms with van der Waals surface area (Å²) in [6.07, 6.45) is 3.35. The van der Waals surface area contributed by atoms with E-state index in [1.165, 1.54) is 0 Å². The smallest absolute Gasteiger partial charge is 0.220 e. The van der Waals surface area contributed by atoms with Gasteiger partial charge in [-0.25, -0.2) is 13.4 Å². The Bertz CT molecular complexity index is 582. The van der Waals surface area contributed by atoms with Gasteiger partial charge in [-0.05, 0) is 46.5 Å². The first-order valence-electron chi connectivity index (χ1n) is 6.90. The van der Waals surface area contributed by atoms with Crippen molar-refractivity contribution in [1.82, 2.24) is 14.3 Å². The lowest BCUT2D eigenvalue weighted by Gasteiger charge is -2.26. The van der Waals surface area contributed by atoms with Crippen molar-refractivity contribution in [2.24, 2.45) is 0 Å². The quantitative estimate of drug-likeness (QED) is 0.923. The summed E-state index contributed by atoms with van der Waals surface area (Å²) in [7, 11) is -3.19. The molecule has 0 spiro atoms. The molecule has 19 heavy (non-hydrogen) atoms. The van der Waals surface area contributed by atoms with Gasteiger partial charge in [-0.2, -0.15) is 4.31 Å². The third-order valence-electron chi connectivity index (χ3n) is 4.55. The Balaban J connectivity index is 1.94. The largest absolute Gasteiger partial charge is 0.345 e. The Morgan fingerprint density at radius 1 is 1.37 bits per heavy atom. The second kappa shape index (κ2) is 4.06. The molecule has 1 aliphatic carbocycles. The minimum atomic E-state index is -3.19. The van der Waals surface area contributed by atoms with E-state index in [1.54, 1.807) is 4.31 Å². The Labute approximate surface area is 114 Å². The Hall–Kier alpha value is -0.880. The van der Waals surface area contributed by atoms with E-state index in [1.807, 2.05) is 20.8 Å². The maximum Gasteiger partial charge on any atom is 0.220 e. The number of aromatic amines is 1. The van der Waals surface area contributed by atoms with Crippen LogP contribution >= 0.6 is 0 Å². The number of hydrogen-bond acceptors (Lipinski definition) is 3. The van der Waals surface area contributed by atoms with Crippen LogP contribution in [0.3, 0.4) is 0 Å². The van der Waals surface area contributed by atoms with Gasteiger partial charge >= 0.3 is 0 Å². The molecule has 6 heteroatoms. The second-order valence-corrected chi connectivity index (χ2v) is 8.46. The van der Waals surface area contributed by atoms with Crippen LogP contribution in [0.4, 0.5) is 0 Å². The van der Waals surface area contributed by atoms with Crippen LogP contribution in [-0.2, 0) is 10.0 Å². The van der Waals surface area contributed by atoms with Gasteiger partial charge in [0.2, 0.25) is 10.0 Å². The number of imidazole rings is 1. The average molecular weight is 283 g/mol. The van der Waals surface area contributed by atoms with Crippen LogP contribution in [-0.4, -0.2) is 34.0 Å². The maximum atomic E-state index is 12.7. The summed E-state index contributed by atoms with van der Waals surface area (Å²) in [5.74, 6) is 0.806. The molecule has 1 aromatic heterocycles. The number of aromatic nitrogens is 2. The van der Waals surface area contributed by atoms with E-state index in [0.29, 0.717) is 6.54 Å². The van der Waals surface area contributed by atoms with Gasteiger partial charge < -0.3 is 4.98 Å². The van der Waals surface area contributed by atoms with E-state index in [4.69, 9.17) is 0 Å². The third kappa shape index (κ3) is 1.92. The highest BCUT2D eigenvalue weighted by Crippen LogP contribution is 2.48.